The molecule has 0 radical (unpaired) electrons. The number of rotatable bonds is 2. The molecule has 0 aromatic heterocycles. The number of nitriles is 1. The zero-order chi connectivity index (χ0) is 14.8. The summed E-state index contributed by atoms with van der Waals surface area (Å²) in [5.74, 6) is 0. The van der Waals surface area contributed by atoms with Crippen molar-refractivity contribution >= 4 is 11.4 Å². The van der Waals surface area contributed by atoms with E-state index in [1.165, 1.54) is 5.56 Å². The zero-order valence-corrected chi connectivity index (χ0v) is 12.5. The van der Waals surface area contributed by atoms with Gasteiger partial charge in [0.25, 0.3) is 0 Å². The lowest BCUT2D eigenvalue weighted by Gasteiger charge is -2.19. The Labute approximate surface area is 121 Å². The van der Waals surface area contributed by atoms with Gasteiger partial charge < -0.3 is 5.32 Å². The van der Waals surface area contributed by atoms with Crippen molar-refractivity contribution in [1.29, 1.82) is 5.26 Å². The molecule has 0 atom stereocenters. The third kappa shape index (κ3) is 3.00. The smallest absolute Gasteiger partial charge is 0.101 e. The van der Waals surface area contributed by atoms with E-state index >= 15 is 0 Å². The van der Waals surface area contributed by atoms with Gasteiger partial charge in [0.15, 0.2) is 0 Å². The number of nitrogens with zero attached hydrogens (tertiary/aromatic N) is 1. The number of hydrogen-bond acceptors (Lipinski definition) is 2. The maximum Gasteiger partial charge on any atom is 0.101 e. The van der Waals surface area contributed by atoms with E-state index in [-0.39, 0.29) is 5.41 Å². The molecule has 0 aliphatic rings. The number of anilines is 2. The Balaban J connectivity index is 2.30. The Hall–Kier alpha value is -2.27. The van der Waals surface area contributed by atoms with Gasteiger partial charge in [-0.1, -0.05) is 45.0 Å². The van der Waals surface area contributed by atoms with Gasteiger partial charge >= 0.3 is 0 Å². The highest BCUT2D eigenvalue weighted by molar-refractivity contribution is 5.69. The van der Waals surface area contributed by atoms with Crippen LogP contribution in [0.3, 0.4) is 0 Å². The van der Waals surface area contributed by atoms with Gasteiger partial charge in [-0.2, -0.15) is 5.26 Å². The minimum atomic E-state index is 0.152. The van der Waals surface area contributed by atoms with Crippen molar-refractivity contribution < 1.29 is 0 Å². The summed E-state index contributed by atoms with van der Waals surface area (Å²) in [6, 6.07) is 16.4. The summed E-state index contributed by atoms with van der Waals surface area (Å²) in [6.07, 6.45) is 0. The van der Waals surface area contributed by atoms with Gasteiger partial charge in [-0.15, -0.1) is 0 Å². The molecule has 2 aromatic carbocycles. The SMILES string of the molecule is Cc1cccc(C#N)c1Nc1ccc(C(C)(C)C)cc1. The first-order valence-electron chi connectivity index (χ1n) is 6.79. The second-order valence-electron chi connectivity index (χ2n) is 6.06. The summed E-state index contributed by atoms with van der Waals surface area (Å²) >= 11 is 0. The summed E-state index contributed by atoms with van der Waals surface area (Å²) in [5, 5.41) is 12.5. The number of aryl methyl sites for hydroxylation is 1. The molecule has 102 valence electrons. The molecule has 2 nitrogen and oxygen atoms in total. The monoisotopic (exact) mass is 264 g/mol. The lowest BCUT2D eigenvalue weighted by molar-refractivity contribution is 0.590. The molecule has 2 aromatic rings. The third-order valence-electron chi connectivity index (χ3n) is 3.41. The topological polar surface area (TPSA) is 35.8 Å². The van der Waals surface area contributed by atoms with Crippen LogP contribution in [0.15, 0.2) is 42.5 Å². The van der Waals surface area contributed by atoms with Crippen LogP contribution in [0.1, 0.15) is 37.5 Å². The van der Waals surface area contributed by atoms with Crippen molar-refractivity contribution in [2.24, 2.45) is 0 Å². The van der Waals surface area contributed by atoms with Crippen LogP contribution in [0, 0.1) is 18.3 Å². The normalized spacial score (nSPS) is 10.9. The molecule has 0 unspecified atom stereocenters. The van der Waals surface area contributed by atoms with E-state index in [0.29, 0.717) is 5.56 Å². The number of hydrogen-bond donors (Lipinski definition) is 1. The summed E-state index contributed by atoms with van der Waals surface area (Å²) < 4.78 is 0. The average molecular weight is 264 g/mol. The van der Waals surface area contributed by atoms with E-state index in [1.54, 1.807) is 0 Å². The van der Waals surface area contributed by atoms with Crippen molar-refractivity contribution in [1.82, 2.24) is 0 Å². The first-order valence-corrected chi connectivity index (χ1v) is 6.79. The Morgan fingerprint density at radius 1 is 1.00 bits per heavy atom. The van der Waals surface area contributed by atoms with Crippen molar-refractivity contribution in [2.45, 2.75) is 33.1 Å². The third-order valence-corrected chi connectivity index (χ3v) is 3.41. The highest BCUT2D eigenvalue weighted by Gasteiger charge is 2.13. The fourth-order valence-electron chi connectivity index (χ4n) is 2.12. The predicted octanol–water partition coefficient (Wildman–Crippen LogP) is 4.91. The lowest BCUT2D eigenvalue weighted by atomic mass is 9.87. The lowest BCUT2D eigenvalue weighted by Crippen LogP contribution is -2.10. The second-order valence-corrected chi connectivity index (χ2v) is 6.06. The van der Waals surface area contributed by atoms with Crippen LogP contribution in [0.4, 0.5) is 11.4 Å². The molecule has 2 rings (SSSR count). The minimum absolute atomic E-state index is 0.152. The van der Waals surface area contributed by atoms with Gasteiger partial charge in [-0.3, -0.25) is 0 Å². The molecular weight excluding hydrogens is 244 g/mol. The fourth-order valence-corrected chi connectivity index (χ4v) is 2.12. The molecule has 0 bridgehead atoms. The molecule has 0 aliphatic carbocycles. The van der Waals surface area contributed by atoms with Gasteiger partial charge in [0.05, 0.1) is 11.3 Å². The molecule has 0 aliphatic heterocycles. The molecule has 0 heterocycles. The Morgan fingerprint density at radius 3 is 2.20 bits per heavy atom. The minimum Gasteiger partial charge on any atom is -0.354 e. The van der Waals surface area contributed by atoms with Crippen LogP contribution < -0.4 is 5.32 Å². The molecule has 0 fully saturated rings. The van der Waals surface area contributed by atoms with E-state index in [9.17, 15) is 5.26 Å². The van der Waals surface area contributed by atoms with Crippen LogP contribution >= 0.6 is 0 Å². The average Bonchev–Trinajstić information content (AvgIpc) is 2.40. The molecule has 20 heavy (non-hydrogen) atoms. The quantitative estimate of drug-likeness (QED) is 0.836. The van der Waals surface area contributed by atoms with Crippen LogP contribution in [0.2, 0.25) is 0 Å². The van der Waals surface area contributed by atoms with Gasteiger partial charge in [-0.05, 0) is 41.7 Å². The van der Waals surface area contributed by atoms with Crippen molar-refractivity contribution in [3.63, 3.8) is 0 Å². The Morgan fingerprint density at radius 2 is 1.65 bits per heavy atom. The first kappa shape index (κ1) is 14.1. The van der Waals surface area contributed by atoms with E-state index in [2.05, 4.69) is 56.4 Å². The highest BCUT2D eigenvalue weighted by atomic mass is 14.9. The molecule has 0 saturated heterocycles. The summed E-state index contributed by atoms with van der Waals surface area (Å²) in [5.41, 5.74) is 5.09. The summed E-state index contributed by atoms with van der Waals surface area (Å²) in [4.78, 5) is 0. The van der Waals surface area contributed by atoms with Gasteiger partial charge in [0.1, 0.15) is 6.07 Å². The van der Waals surface area contributed by atoms with Crippen LogP contribution in [0.25, 0.3) is 0 Å². The van der Waals surface area contributed by atoms with E-state index in [1.807, 2.05) is 25.1 Å². The summed E-state index contributed by atoms with van der Waals surface area (Å²) in [7, 11) is 0. The number of nitrogens with one attached hydrogen (secondary N) is 1. The fraction of sp³-hybridized carbons (Fsp3) is 0.278. The maximum absolute atomic E-state index is 9.18. The standard InChI is InChI=1S/C18H20N2/c1-13-6-5-7-14(12-19)17(13)20-16-10-8-15(9-11-16)18(2,3)4/h5-11,20H,1-4H3. The first-order chi connectivity index (χ1) is 9.41. The van der Waals surface area contributed by atoms with E-state index in [4.69, 9.17) is 0 Å². The number of para-hydroxylation sites is 1. The van der Waals surface area contributed by atoms with Crippen molar-refractivity contribution in [3.05, 3.63) is 59.2 Å². The van der Waals surface area contributed by atoms with Gasteiger partial charge in [0, 0.05) is 5.69 Å². The van der Waals surface area contributed by atoms with Crippen molar-refractivity contribution in [2.75, 3.05) is 5.32 Å². The van der Waals surface area contributed by atoms with Crippen LogP contribution in [-0.2, 0) is 5.41 Å². The largest absolute Gasteiger partial charge is 0.354 e. The molecule has 0 saturated carbocycles. The molecule has 0 amide bonds. The Bertz CT molecular complexity index is 641. The van der Waals surface area contributed by atoms with Gasteiger partial charge in [0.2, 0.25) is 0 Å². The molecular formula is C18H20N2. The Kier molecular flexibility index (Phi) is 3.81. The highest BCUT2D eigenvalue weighted by Crippen LogP contribution is 2.27. The maximum atomic E-state index is 9.18. The van der Waals surface area contributed by atoms with Crippen LogP contribution in [0.5, 0.6) is 0 Å². The van der Waals surface area contributed by atoms with Crippen molar-refractivity contribution in [3.8, 4) is 6.07 Å². The van der Waals surface area contributed by atoms with E-state index in [0.717, 1.165) is 16.9 Å². The van der Waals surface area contributed by atoms with Gasteiger partial charge in [-0.25, -0.2) is 0 Å². The van der Waals surface area contributed by atoms with Crippen LogP contribution in [-0.4, -0.2) is 0 Å². The molecule has 0 spiro atoms. The zero-order valence-electron chi connectivity index (χ0n) is 12.5. The molecule has 2 heteroatoms. The molecule has 1 N–H and O–H groups in total. The second kappa shape index (κ2) is 5.38. The van der Waals surface area contributed by atoms with E-state index < -0.39 is 0 Å². The number of benzene rings is 2. The predicted molar refractivity (Wildman–Crippen MR) is 84.3 cm³/mol. The summed E-state index contributed by atoms with van der Waals surface area (Å²) in [6.45, 7) is 8.60.